The fraction of sp³-hybridized carbons (Fsp3) is 0.312. The molecule has 0 spiro atoms. The van der Waals surface area contributed by atoms with Crippen molar-refractivity contribution in [2.75, 3.05) is 6.54 Å². The predicted octanol–water partition coefficient (Wildman–Crippen LogP) is 3.05. The van der Waals surface area contributed by atoms with Crippen molar-refractivity contribution >= 4 is 11.0 Å². The Morgan fingerprint density at radius 2 is 2.05 bits per heavy atom. The van der Waals surface area contributed by atoms with Crippen LogP contribution in [0.4, 0.5) is 0 Å². The van der Waals surface area contributed by atoms with Crippen LogP contribution < -0.4 is 5.73 Å². The Labute approximate surface area is 118 Å². The molecule has 4 heteroatoms. The lowest BCUT2D eigenvalue weighted by Crippen LogP contribution is -2.21. The third kappa shape index (κ3) is 2.02. The van der Waals surface area contributed by atoms with E-state index in [0.717, 1.165) is 34.8 Å². The molecule has 2 aromatic heterocycles. The lowest BCUT2D eigenvalue weighted by Gasteiger charge is -2.18. The molecule has 20 heavy (non-hydrogen) atoms. The van der Waals surface area contributed by atoms with Gasteiger partial charge in [0, 0.05) is 13.0 Å². The number of imidazole rings is 1. The molecule has 0 bridgehead atoms. The van der Waals surface area contributed by atoms with Gasteiger partial charge in [-0.05, 0) is 31.2 Å². The molecule has 0 amide bonds. The van der Waals surface area contributed by atoms with Crippen molar-refractivity contribution in [2.24, 2.45) is 5.73 Å². The summed E-state index contributed by atoms with van der Waals surface area (Å²) < 4.78 is 7.98. The van der Waals surface area contributed by atoms with E-state index in [9.17, 15) is 0 Å². The summed E-state index contributed by atoms with van der Waals surface area (Å²) in [6.45, 7) is 4.54. The van der Waals surface area contributed by atoms with Gasteiger partial charge in [-0.15, -0.1) is 0 Å². The first-order valence-electron chi connectivity index (χ1n) is 6.96. The molecule has 0 aliphatic carbocycles. The summed E-state index contributed by atoms with van der Waals surface area (Å²) in [6.07, 6.45) is 0.866. The number of benzene rings is 1. The summed E-state index contributed by atoms with van der Waals surface area (Å²) in [5.74, 6) is 2.83. The first-order chi connectivity index (χ1) is 9.74. The van der Waals surface area contributed by atoms with Crippen LogP contribution in [0.25, 0.3) is 11.0 Å². The van der Waals surface area contributed by atoms with Crippen LogP contribution in [0, 0.1) is 6.92 Å². The minimum atomic E-state index is -0.00829. The number of rotatable bonds is 4. The molecule has 4 nitrogen and oxygen atoms in total. The molecule has 0 radical (unpaired) electrons. The van der Waals surface area contributed by atoms with Crippen molar-refractivity contribution in [3.8, 4) is 0 Å². The number of nitrogens with two attached hydrogens (primary N) is 1. The van der Waals surface area contributed by atoms with Crippen molar-refractivity contribution in [1.29, 1.82) is 0 Å². The zero-order chi connectivity index (χ0) is 14.1. The zero-order valence-corrected chi connectivity index (χ0v) is 11.8. The normalized spacial score (nSPS) is 12.9. The van der Waals surface area contributed by atoms with E-state index in [1.807, 2.05) is 37.3 Å². The zero-order valence-electron chi connectivity index (χ0n) is 11.8. The van der Waals surface area contributed by atoms with Crippen LogP contribution in [0.5, 0.6) is 0 Å². The molecule has 1 atom stereocenters. The molecule has 0 aliphatic heterocycles. The Balaban J connectivity index is 2.20. The third-order valence-electron chi connectivity index (χ3n) is 3.61. The van der Waals surface area contributed by atoms with Crippen molar-refractivity contribution in [3.05, 3.63) is 53.7 Å². The Bertz CT molecular complexity index is 726. The van der Waals surface area contributed by atoms with Crippen molar-refractivity contribution in [1.82, 2.24) is 9.55 Å². The van der Waals surface area contributed by atoms with Gasteiger partial charge in [0.2, 0.25) is 0 Å². The van der Waals surface area contributed by atoms with Gasteiger partial charge in [0.15, 0.2) is 0 Å². The summed E-state index contributed by atoms with van der Waals surface area (Å²) in [7, 11) is 0. The Kier molecular flexibility index (Phi) is 3.32. The van der Waals surface area contributed by atoms with Gasteiger partial charge in [-0.2, -0.15) is 0 Å². The highest BCUT2D eigenvalue weighted by molar-refractivity contribution is 5.76. The van der Waals surface area contributed by atoms with E-state index >= 15 is 0 Å². The Hall–Kier alpha value is -2.07. The largest absolute Gasteiger partial charge is 0.464 e. The number of para-hydroxylation sites is 2. The molecule has 0 saturated heterocycles. The number of aryl methyl sites for hydroxylation is 2. The van der Waals surface area contributed by atoms with Gasteiger partial charge in [-0.3, -0.25) is 0 Å². The maximum Gasteiger partial charge on any atom is 0.128 e. The van der Waals surface area contributed by atoms with Crippen LogP contribution in [0.1, 0.15) is 30.3 Å². The first-order valence-corrected chi connectivity index (χ1v) is 6.96. The van der Waals surface area contributed by atoms with E-state index < -0.39 is 0 Å². The van der Waals surface area contributed by atoms with Gasteiger partial charge < -0.3 is 14.7 Å². The van der Waals surface area contributed by atoms with E-state index in [-0.39, 0.29) is 6.04 Å². The van der Waals surface area contributed by atoms with Crippen LogP contribution in [-0.2, 0) is 6.42 Å². The number of hydrogen-bond acceptors (Lipinski definition) is 3. The summed E-state index contributed by atoms with van der Waals surface area (Å²) in [5.41, 5.74) is 8.12. The summed E-state index contributed by atoms with van der Waals surface area (Å²) in [5, 5.41) is 0. The summed E-state index contributed by atoms with van der Waals surface area (Å²) in [6, 6.07) is 12.1. The van der Waals surface area contributed by atoms with Crippen LogP contribution in [-0.4, -0.2) is 16.1 Å². The topological polar surface area (TPSA) is 57.0 Å². The number of aromatic nitrogens is 2. The minimum Gasteiger partial charge on any atom is -0.464 e. The molecular weight excluding hydrogens is 250 g/mol. The smallest absolute Gasteiger partial charge is 0.128 e. The van der Waals surface area contributed by atoms with Gasteiger partial charge in [0.1, 0.15) is 23.4 Å². The molecular formula is C16H19N3O. The quantitative estimate of drug-likeness (QED) is 0.792. The highest BCUT2D eigenvalue weighted by Crippen LogP contribution is 2.27. The van der Waals surface area contributed by atoms with E-state index in [1.54, 1.807) is 0 Å². The molecule has 1 unspecified atom stereocenters. The van der Waals surface area contributed by atoms with E-state index in [1.165, 1.54) is 0 Å². The molecule has 0 fully saturated rings. The number of hydrogen-bond donors (Lipinski definition) is 1. The summed E-state index contributed by atoms with van der Waals surface area (Å²) in [4.78, 5) is 4.70. The third-order valence-corrected chi connectivity index (χ3v) is 3.61. The minimum absolute atomic E-state index is 0.00829. The predicted molar refractivity (Wildman–Crippen MR) is 79.7 cm³/mol. The van der Waals surface area contributed by atoms with Crippen LogP contribution in [0.3, 0.4) is 0 Å². The maximum atomic E-state index is 6.01. The van der Waals surface area contributed by atoms with Gasteiger partial charge in [0.05, 0.1) is 11.0 Å². The van der Waals surface area contributed by atoms with Gasteiger partial charge in [-0.25, -0.2) is 4.98 Å². The molecule has 2 N–H and O–H groups in total. The summed E-state index contributed by atoms with van der Waals surface area (Å²) >= 11 is 0. The van der Waals surface area contributed by atoms with Crippen molar-refractivity contribution in [3.63, 3.8) is 0 Å². The highest BCUT2D eigenvalue weighted by atomic mass is 16.3. The second-order valence-corrected chi connectivity index (χ2v) is 4.94. The van der Waals surface area contributed by atoms with Crippen LogP contribution in [0.15, 0.2) is 40.8 Å². The van der Waals surface area contributed by atoms with Crippen LogP contribution in [0.2, 0.25) is 0 Å². The Morgan fingerprint density at radius 1 is 1.25 bits per heavy atom. The monoisotopic (exact) mass is 269 g/mol. The van der Waals surface area contributed by atoms with E-state index in [2.05, 4.69) is 17.6 Å². The van der Waals surface area contributed by atoms with Crippen molar-refractivity contribution in [2.45, 2.75) is 26.3 Å². The number of nitrogens with zero attached hydrogens (tertiary/aromatic N) is 2. The fourth-order valence-corrected chi connectivity index (χ4v) is 2.67. The second kappa shape index (κ2) is 5.13. The van der Waals surface area contributed by atoms with Crippen LogP contribution >= 0.6 is 0 Å². The molecule has 0 aliphatic rings. The first kappa shape index (κ1) is 12.9. The molecule has 1 aromatic carbocycles. The average Bonchev–Trinajstić information content (AvgIpc) is 3.05. The molecule has 2 heterocycles. The maximum absolute atomic E-state index is 6.01. The van der Waals surface area contributed by atoms with Gasteiger partial charge in [0.25, 0.3) is 0 Å². The fourth-order valence-electron chi connectivity index (χ4n) is 2.67. The average molecular weight is 269 g/mol. The SMILES string of the molecule is CCc1nc2ccccc2n1C(CN)c1ccc(C)o1. The molecule has 0 saturated carbocycles. The standard InChI is InChI=1S/C16H19N3O/c1-3-16-18-12-6-4-5-7-13(12)19(16)14(10-17)15-9-8-11(2)20-15/h4-9,14H,3,10,17H2,1-2H3. The van der Waals surface area contributed by atoms with Gasteiger partial charge in [-0.1, -0.05) is 19.1 Å². The van der Waals surface area contributed by atoms with E-state index in [0.29, 0.717) is 6.54 Å². The highest BCUT2D eigenvalue weighted by Gasteiger charge is 2.21. The lowest BCUT2D eigenvalue weighted by atomic mass is 10.2. The number of furan rings is 1. The second-order valence-electron chi connectivity index (χ2n) is 4.94. The number of fused-ring (bicyclic) bond motifs is 1. The van der Waals surface area contributed by atoms with Gasteiger partial charge >= 0.3 is 0 Å². The molecule has 3 aromatic rings. The van der Waals surface area contributed by atoms with Crippen molar-refractivity contribution < 1.29 is 4.42 Å². The Morgan fingerprint density at radius 3 is 2.70 bits per heavy atom. The lowest BCUT2D eigenvalue weighted by molar-refractivity contribution is 0.416. The van der Waals surface area contributed by atoms with E-state index in [4.69, 9.17) is 15.1 Å². The molecule has 104 valence electrons. The molecule has 3 rings (SSSR count).